The second-order valence-electron chi connectivity index (χ2n) is 4.78. The fourth-order valence-electron chi connectivity index (χ4n) is 2.26. The van der Waals surface area contributed by atoms with Crippen molar-refractivity contribution in [2.24, 2.45) is 10.8 Å². The van der Waals surface area contributed by atoms with Crippen molar-refractivity contribution in [3.8, 4) is 0 Å². The summed E-state index contributed by atoms with van der Waals surface area (Å²) in [6.45, 7) is 3.40. The van der Waals surface area contributed by atoms with Crippen LogP contribution < -0.4 is 11.2 Å². The molecule has 0 aromatic carbocycles. The number of amides is 2. The first-order valence-corrected chi connectivity index (χ1v) is 7.50. The quantitative estimate of drug-likeness (QED) is 0.662. The molecule has 1 saturated heterocycles. The lowest BCUT2D eigenvalue weighted by molar-refractivity contribution is 0.249. The number of nitrogens with zero attached hydrogens (tertiary/aromatic N) is 2. The first-order valence-electron chi connectivity index (χ1n) is 6.62. The van der Waals surface area contributed by atoms with Gasteiger partial charge in [-0.15, -0.1) is 23.7 Å². The molecule has 1 aromatic heterocycles. The third-order valence-electron chi connectivity index (χ3n) is 3.15. The summed E-state index contributed by atoms with van der Waals surface area (Å²) in [4.78, 5) is 14.0. The van der Waals surface area contributed by atoms with Crippen molar-refractivity contribution in [1.29, 1.82) is 0 Å². The van der Waals surface area contributed by atoms with Gasteiger partial charge in [0, 0.05) is 11.4 Å². The summed E-state index contributed by atoms with van der Waals surface area (Å²) >= 11 is 1.63. The van der Waals surface area contributed by atoms with Crippen molar-refractivity contribution < 1.29 is 4.79 Å². The molecule has 2 amide bonds. The van der Waals surface area contributed by atoms with Crippen molar-refractivity contribution in [2.45, 2.75) is 32.2 Å². The lowest BCUT2D eigenvalue weighted by Gasteiger charge is -2.18. The topological polar surface area (TPSA) is 70.7 Å². The van der Waals surface area contributed by atoms with E-state index in [2.05, 4.69) is 26.9 Å². The molecule has 2 heterocycles. The summed E-state index contributed by atoms with van der Waals surface area (Å²) in [5.41, 5.74) is 8.44. The maximum absolute atomic E-state index is 10.5. The monoisotopic (exact) mass is 316 g/mol. The largest absolute Gasteiger partial charge is 0.350 e. The highest BCUT2D eigenvalue weighted by Gasteiger charge is 2.10. The van der Waals surface area contributed by atoms with Crippen LogP contribution in [0.15, 0.2) is 16.5 Å². The van der Waals surface area contributed by atoms with Crippen LogP contribution in [0.5, 0.6) is 0 Å². The summed E-state index contributed by atoms with van der Waals surface area (Å²) < 4.78 is 0. The predicted octanol–water partition coefficient (Wildman–Crippen LogP) is 2.55. The average Bonchev–Trinajstić information content (AvgIpc) is 2.65. The van der Waals surface area contributed by atoms with E-state index in [9.17, 15) is 4.79 Å². The lowest BCUT2D eigenvalue weighted by Crippen LogP contribution is -2.24. The molecule has 1 fully saturated rings. The van der Waals surface area contributed by atoms with Crippen LogP contribution in [0.3, 0.4) is 0 Å². The Labute approximate surface area is 129 Å². The Morgan fingerprint density at radius 2 is 2.10 bits per heavy atom. The van der Waals surface area contributed by atoms with Gasteiger partial charge in [-0.1, -0.05) is 12.8 Å². The Bertz CT molecular complexity index is 441. The van der Waals surface area contributed by atoms with Crippen LogP contribution >= 0.6 is 23.7 Å². The highest BCUT2D eigenvalue weighted by Crippen LogP contribution is 2.17. The minimum Gasteiger partial charge on any atom is -0.350 e. The number of rotatable bonds is 4. The number of nitrogens with two attached hydrogens (primary N) is 1. The van der Waals surface area contributed by atoms with Gasteiger partial charge in [-0.2, -0.15) is 5.10 Å². The van der Waals surface area contributed by atoms with Gasteiger partial charge in [-0.3, -0.25) is 4.90 Å². The fraction of sp³-hybridized carbons (Fsp3) is 0.538. The second kappa shape index (κ2) is 8.94. The highest BCUT2D eigenvalue weighted by molar-refractivity contribution is 7.11. The molecule has 1 aromatic rings. The molecule has 0 radical (unpaired) electrons. The first kappa shape index (κ1) is 16.9. The van der Waals surface area contributed by atoms with Crippen LogP contribution in [0.2, 0.25) is 0 Å². The van der Waals surface area contributed by atoms with E-state index in [0.29, 0.717) is 0 Å². The molecule has 0 bridgehead atoms. The molecule has 0 aliphatic carbocycles. The third-order valence-corrected chi connectivity index (χ3v) is 4.06. The zero-order valence-electron chi connectivity index (χ0n) is 11.4. The molecule has 1 aliphatic heterocycles. The minimum absolute atomic E-state index is 0. The van der Waals surface area contributed by atoms with Gasteiger partial charge in [-0.25, -0.2) is 10.2 Å². The molecular weight excluding hydrogens is 296 g/mol. The van der Waals surface area contributed by atoms with Gasteiger partial charge in [0.25, 0.3) is 0 Å². The standard InChI is InChI=1S/C13H20N4OS.ClH/c14-13(18)16-15-8-12-7-11(10-19-12)9-17-5-3-1-2-4-6-17;/h7-8,10H,1-6,9H2,(H3,14,16,18);1H/b15-8+;. The van der Waals surface area contributed by atoms with Crippen LogP contribution in [-0.4, -0.2) is 30.2 Å². The summed E-state index contributed by atoms with van der Waals surface area (Å²) in [6, 6.07) is 1.47. The summed E-state index contributed by atoms with van der Waals surface area (Å²) in [5, 5.41) is 5.91. The number of likely N-dealkylation sites (tertiary alicyclic amines) is 1. The molecular formula is C13H21ClN4OS. The lowest BCUT2D eigenvalue weighted by atomic mass is 10.2. The Kier molecular flexibility index (Phi) is 7.58. The van der Waals surface area contributed by atoms with Gasteiger partial charge in [0.15, 0.2) is 0 Å². The van der Waals surface area contributed by atoms with Crippen LogP contribution in [-0.2, 0) is 6.54 Å². The number of hydrogen-bond donors (Lipinski definition) is 2. The Balaban J connectivity index is 0.00000200. The number of nitrogens with one attached hydrogen (secondary N) is 1. The van der Waals surface area contributed by atoms with E-state index < -0.39 is 6.03 Å². The average molecular weight is 317 g/mol. The van der Waals surface area contributed by atoms with Gasteiger partial charge in [0.1, 0.15) is 0 Å². The third kappa shape index (κ3) is 5.90. The van der Waals surface area contributed by atoms with Gasteiger partial charge in [-0.05, 0) is 42.9 Å². The van der Waals surface area contributed by atoms with Gasteiger partial charge >= 0.3 is 6.03 Å². The molecule has 3 N–H and O–H groups in total. The zero-order chi connectivity index (χ0) is 13.5. The summed E-state index contributed by atoms with van der Waals surface area (Å²) in [6.07, 6.45) is 6.96. The molecule has 1 aliphatic rings. The predicted molar refractivity (Wildman–Crippen MR) is 85.6 cm³/mol. The Morgan fingerprint density at radius 3 is 2.75 bits per heavy atom. The molecule has 2 rings (SSSR count). The molecule has 7 heteroatoms. The maximum Gasteiger partial charge on any atom is 0.332 e. The first-order chi connectivity index (χ1) is 9.24. The molecule has 112 valence electrons. The summed E-state index contributed by atoms with van der Waals surface area (Å²) in [5.74, 6) is 0. The van der Waals surface area contributed by atoms with E-state index in [1.807, 2.05) is 0 Å². The second-order valence-corrected chi connectivity index (χ2v) is 5.72. The minimum atomic E-state index is -0.641. The van der Waals surface area contributed by atoms with Crippen molar-refractivity contribution in [3.05, 3.63) is 21.9 Å². The fourth-order valence-corrected chi connectivity index (χ4v) is 3.02. The van der Waals surface area contributed by atoms with Crippen LogP contribution in [0.25, 0.3) is 0 Å². The Hall–Kier alpha value is -1.11. The summed E-state index contributed by atoms with van der Waals surface area (Å²) in [7, 11) is 0. The molecule has 5 nitrogen and oxygen atoms in total. The number of hydrazone groups is 1. The van der Waals surface area contributed by atoms with E-state index in [4.69, 9.17) is 5.73 Å². The van der Waals surface area contributed by atoms with Gasteiger partial charge in [0.2, 0.25) is 0 Å². The number of urea groups is 1. The maximum atomic E-state index is 10.5. The van der Waals surface area contributed by atoms with Crippen molar-refractivity contribution in [2.75, 3.05) is 13.1 Å². The number of carbonyl (C=O) groups excluding carboxylic acids is 1. The normalized spacial score (nSPS) is 16.6. The van der Waals surface area contributed by atoms with Crippen LogP contribution in [0, 0.1) is 0 Å². The van der Waals surface area contributed by atoms with E-state index in [1.54, 1.807) is 17.6 Å². The molecule has 20 heavy (non-hydrogen) atoms. The number of thiophene rings is 1. The Morgan fingerprint density at radius 1 is 1.40 bits per heavy atom. The van der Waals surface area contributed by atoms with Crippen molar-refractivity contribution >= 4 is 36.0 Å². The van der Waals surface area contributed by atoms with E-state index in [0.717, 1.165) is 11.4 Å². The smallest absolute Gasteiger partial charge is 0.332 e. The number of hydrogen-bond acceptors (Lipinski definition) is 4. The van der Waals surface area contributed by atoms with E-state index in [-0.39, 0.29) is 12.4 Å². The van der Waals surface area contributed by atoms with Crippen molar-refractivity contribution in [1.82, 2.24) is 10.3 Å². The number of halogens is 1. The number of primary amides is 1. The van der Waals surface area contributed by atoms with Crippen LogP contribution in [0.4, 0.5) is 4.79 Å². The van der Waals surface area contributed by atoms with Crippen molar-refractivity contribution in [3.63, 3.8) is 0 Å². The van der Waals surface area contributed by atoms with Gasteiger partial charge < -0.3 is 5.73 Å². The molecule has 0 spiro atoms. The van der Waals surface area contributed by atoms with E-state index in [1.165, 1.54) is 44.3 Å². The number of carbonyl (C=O) groups is 1. The van der Waals surface area contributed by atoms with E-state index >= 15 is 0 Å². The van der Waals surface area contributed by atoms with Crippen LogP contribution in [0.1, 0.15) is 36.1 Å². The SMILES string of the molecule is Cl.NC(=O)N/N=C/c1cc(CN2CCCCCC2)cs1. The highest BCUT2D eigenvalue weighted by atomic mass is 35.5. The van der Waals surface area contributed by atoms with Gasteiger partial charge in [0.05, 0.1) is 6.21 Å². The molecule has 0 unspecified atom stereocenters. The molecule has 0 atom stereocenters. The molecule has 0 saturated carbocycles. The zero-order valence-corrected chi connectivity index (χ0v) is 13.0.